The molecule has 0 radical (unpaired) electrons. The van der Waals surface area contributed by atoms with E-state index in [0.717, 1.165) is 6.42 Å². The molecule has 164 valence electrons. The van der Waals surface area contributed by atoms with Gasteiger partial charge in [0.15, 0.2) is 11.5 Å². The fraction of sp³-hybridized carbons (Fsp3) is 0.417. The summed E-state index contributed by atoms with van der Waals surface area (Å²) in [6.07, 6.45) is 1.27. The molecule has 0 aromatic heterocycles. The molecular weight excluding hydrogens is 400 g/mol. The van der Waals surface area contributed by atoms with Crippen LogP contribution in [0.3, 0.4) is 0 Å². The van der Waals surface area contributed by atoms with Crippen LogP contribution in [0.1, 0.15) is 54.0 Å². The third-order valence-corrected chi connectivity index (χ3v) is 6.23. The molecule has 1 aliphatic carbocycles. The summed E-state index contributed by atoms with van der Waals surface area (Å²) < 4.78 is 52.3. The average Bonchev–Trinajstić information content (AvgIpc) is 3.13. The maximum atomic E-state index is 12.2. The highest BCUT2D eigenvalue weighted by Crippen LogP contribution is 2.51. The number of carboxylic acids is 1. The summed E-state index contributed by atoms with van der Waals surface area (Å²) in [5.41, 5.74) is 1.10. The van der Waals surface area contributed by atoms with Gasteiger partial charge in [0.1, 0.15) is 18.1 Å². The number of carbonyl (C=O) groups excluding carboxylic acids is 1. The second kappa shape index (κ2) is 8.13. The van der Waals surface area contributed by atoms with Crippen LogP contribution in [0.2, 0.25) is 0 Å². The Balaban J connectivity index is 1.87. The van der Waals surface area contributed by atoms with E-state index in [0.29, 0.717) is 41.5 Å². The van der Waals surface area contributed by atoms with Gasteiger partial charge < -0.3 is 24.1 Å². The molecule has 31 heavy (non-hydrogen) atoms. The van der Waals surface area contributed by atoms with E-state index in [4.69, 9.17) is 24.4 Å². The maximum absolute atomic E-state index is 12.2. The van der Waals surface area contributed by atoms with Crippen LogP contribution in [-0.4, -0.2) is 37.3 Å². The van der Waals surface area contributed by atoms with Crippen molar-refractivity contribution < 1.29 is 39.1 Å². The van der Waals surface area contributed by atoms with Crippen molar-refractivity contribution in [2.24, 2.45) is 5.41 Å². The Morgan fingerprint density at radius 1 is 1.19 bits per heavy atom. The van der Waals surface area contributed by atoms with E-state index in [2.05, 4.69) is 0 Å². The molecule has 1 atom stereocenters. The second-order valence-corrected chi connectivity index (χ2v) is 7.78. The molecule has 1 saturated carbocycles. The molecule has 0 bridgehead atoms. The van der Waals surface area contributed by atoms with Crippen molar-refractivity contribution in [1.82, 2.24) is 0 Å². The smallest absolute Gasteiger partial charge is 0.338 e. The van der Waals surface area contributed by atoms with E-state index < -0.39 is 37.6 Å². The predicted molar refractivity (Wildman–Crippen MR) is 113 cm³/mol. The van der Waals surface area contributed by atoms with E-state index in [-0.39, 0.29) is 23.9 Å². The topological polar surface area (TPSA) is 91.3 Å². The van der Waals surface area contributed by atoms with E-state index in [1.807, 2.05) is 6.92 Å². The molecule has 7 heteroatoms. The molecule has 0 amide bonds. The Kier molecular flexibility index (Phi) is 4.32. The Hall–Kier alpha value is -3.22. The first-order chi connectivity index (χ1) is 16.7. The normalized spacial score (nSPS) is 19.3. The molecule has 2 aliphatic rings. The van der Waals surface area contributed by atoms with Crippen LogP contribution in [0.25, 0.3) is 11.1 Å². The van der Waals surface area contributed by atoms with Gasteiger partial charge in [0.25, 0.3) is 0 Å². The van der Waals surface area contributed by atoms with Crippen LogP contribution in [-0.2, 0) is 16.1 Å². The van der Waals surface area contributed by atoms with E-state index in [1.54, 1.807) is 24.3 Å². The van der Waals surface area contributed by atoms with Crippen molar-refractivity contribution in [1.29, 1.82) is 0 Å². The first-order valence-corrected chi connectivity index (χ1v) is 10.1. The Labute approximate surface area is 186 Å². The molecule has 1 heterocycles. The summed E-state index contributed by atoms with van der Waals surface area (Å²) in [6.45, 7) is 1.93. The summed E-state index contributed by atoms with van der Waals surface area (Å²) in [5, 5.41) is 9.98. The zero-order valence-corrected chi connectivity index (χ0v) is 17.1. The largest absolute Gasteiger partial charge is 0.493 e. The Morgan fingerprint density at radius 3 is 2.61 bits per heavy atom. The summed E-state index contributed by atoms with van der Waals surface area (Å²) in [6, 6.07) is 8.12. The van der Waals surface area contributed by atoms with Gasteiger partial charge >= 0.3 is 11.9 Å². The number of benzene rings is 2. The lowest BCUT2D eigenvalue weighted by Crippen LogP contribution is -2.50. The van der Waals surface area contributed by atoms with Crippen LogP contribution in [0.4, 0.5) is 0 Å². The molecule has 1 N–H and O–H groups in total. The minimum Gasteiger partial charge on any atom is -0.493 e. The van der Waals surface area contributed by atoms with Crippen molar-refractivity contribution in [2.75, 3.05) is 14.1 Å². The molecule has 1 aliphatic heterocycles. The van der Waals surface area contributed by atoms with Crippen LogP contribution >= 0.6 is 0 Å². The quantitative estimate of drug-likeness (QED) is 0.619. The third kappa shape index (κ3) is 3.38. The average molecular weight is 430 g/mol. The standard InChI is InChI=1S/C24H26O7/c1-4-19(24(23(26)27)10-5-11-24)31-20-16(8-9-18(28-2)21(20)29-3)14-6-7-17-15(12-14)13-30-22(17)25/h6-9,12,19H,4-5,10-11,13H2,1-3H3,(H,26,27)/i2D2,3D2. The van der Waals surface area contributed by atoms with E-state index in [9.17, 15) is 14.7 Å². The van der Waals surface area contributed by atoms with Crippen LogP contribution in [0.5, 0.6) is 17.2 Å². The summed E-state index contributed by atoms with van der Waals surface area (Å²) in [7, 11) is -3.50. The van der Waals surface area contributed by atoms with Gasteiger partial charge in [-0.05, 0) is 49.1 Å². The molecule has 0 saturated heterocycles. The van der Waals surface area contributed by atoms with Gasteiger partial charge in [0.05, 0.1) is 25.2 Å². The molecule has 2 aromatic carbocycles. The van der Waals surface area contributed by atoms with E-state index >= 15 is 0 Å². The SMILES string of the molecule is [2H]C([2H])Oc1ccc(-c2ccc3c(c2)COC3=O)c(OC(CC)C2(C(=O)O)CCC2)c1OC([2H])[2H]. The number of carbonyl (C=O) groups is 2. The Bertz CT molecular complexity index is 1130. The van der Waals surface area contributed by atoms with Gasteiger partial charge in [-0.15, -0.1) is 0 Å². The zero-order chi connectivity index (χ0) is 25.3. The summed E-state index contributed by atoms with van der Waals surface area (Å²) in [4.78, 5) is 24.1. The molecular formula is C24H26O7. The zero-order valence-electron chi connectivity index (χ0n) is 21.1. The van der Waals surface area contributed by atoms with Crippen LogP contribution in [0, 0.1) is 5.41 Å². The predicted octanol–water partition coefficient (Wildman–Crippen LogP) is 4.45. The van der Waals surface area contributed by atoms with Crippen molar-refractivity contribution in [3.8, 4) is 28.4 Å². The molecule has 1 fully saturated rings. The minimum absolute atomic E-state index is 0.0530. The molecule has 7 nitrogen and oxygen atoms in total. The molecule has 2 aromatic rings. The second-order valence-electron chi connectivity index (χ2n) is 7.78. The number of ether oxygens (including phenoxy) is 4. The molecule has 1 unspecified atom stereocenters. The van der Waals surface area contributed by atoms with Crippen molar-refractivity contribution in [2.45, 2.75) is 45.3 Å². The third-order valence-electron chi connectivity index (χ3n) is 6.23. The van der Waals surface area contributed by atoms with Gasteiger partial charge in [-0.1, -0.05) is 19.4 Å². The monoisotopic (exact) mass is 430 g/mol. The minimum atomic E-state index is -1.78. The van der Waals surface area contributed by atoms with Gasteiger partial charge in [0, 0.05) is 11.1 Å². The Morgan fingerprint density at radius 2 is 1.97 bits per heavy atom. The summed E-state index contributed by atoms with van der Waals surface area (Å²) >= 11 is 0. The number of hydrogen-bond acceptors (Lipinski definition) is 6. The fourth-order valence-corrected chi connectivity index (χ4v) is 4.35. The first kappa shape index (κ1) is 16.5. The molecule has 0 spiro atoms. The van der Waals surface area contributed by atoms with Crippen molar-refractivity contribution in [3.05, 3.63) is 41.5 Å². The number of carboxylic acid groups (broad SMARTS) is 1. The number of cyclic esters (lactones) is 1. The number of fused-ring (bicyclic) bond motifs is 1. The van der Waals surface area contributed by atoms with Crippen molar-refractivity contribution >= 4 is 11.9 Å². The lowest BCUT2D eigenvalue weighted by molar-refractivity contribution is -0.163. The highest BCUT2D eigenvalue weighted by molar-refractivity contribution is 5.94. The maximum Gasteiger partial charge on any atom is 0.338 e. The number of hydrogen-bond donors (Lipinski definition) is 1. The molecule has 4 rings (SSSR count). The number of methoxy groups -OCH3 is 2. The van der Waals surface area contributed by atoms with Gasteiger partial charge in [0.2, 0.25) is 5.75 Å². The highest BCUT2D eigenvalue weighted by atomic mass is 16.5. The lowest BCUT2D eigenvalue weighted by Gasteiger charge is -2.43. The van der Waals surface area contributed by atoms with Gasteiger partial charge in [-0.25, -0.2) is 4.79 Å². The van der Waals surface area contributed by atoms with E-state index in [1.165, 1.54) is 6.07 Å². The lowest BCUT2D eigenvalue weighted by atomic mass is 9.64. The number of rotatable bonds is 8. The summed E-state index contributed by atoms with van der Waals surface area (Å²) in [5.74, 6) is -1.56. The van der Waals surface area contributed by atoms with Gasteiger partial charge in [-0.3, -0.25) is 4.79 Å². The van der Waals surface area contributed by atoms with Crippen LogP contribution < -0.4 is 14.2 Å². The fourth-order valence-electron chi connectivity index (χ4n) is 4.35. The number of esters is 1. The van der Waals surface area contributed by atoms with Crippen LogP contribution in [0.15, 0.2) is 30.3 Å². The first-order valence-electron chi connectivity index (χ1n) is 12.4. The number of aliphatic carboxylic acids is 1. The van der Waals surface area contributed by atoms with Crippen molar-refractivity contribution in [3.63, 3.8) is 0 Å². The highest BCUT2D eigenvalue weighted by Gasteiger charge is 2.52. The van der Waals surface area contributed by atoms with Gasteiger partial charge in [-0.2, -0.15) is 0 Å².